The van der Waals surface area contributed by atoms with Gasteiger partial charge >= 0.3 is 6.03 Å². The predicted molar refractivity (Wildman–Crippen MR) is 83.7 cm³/mol. The number of hydrogen-bond acceptors (Lipinski definition) is 2. The van der Waals surface area contributed by atoms with E-state index in [1.165, 1.54) is 4.88 Å². The van der Waals surface area contributed by atoms with Crippen LogP contribution in [0.25, 0.3) is 0 Å². The summed E-state index contributed by atoms with van der Waals surface area (Å²) < 4.78 is 0. The van der Waals surface area contributed by atoms with E-state index in [4.69, 9.17) is 0 Å². The van der Waals surface area contributed by atoms with Crippen molar-refractivity contribution < 1.29 is 4.79 Å². The van der Waals surface area contributed by atoms with Crippen LogP contribution in [-0.4, -0.2) is 17.5 Å². The molecule has 0 atom stereocenters. The number of benzene rings is 1. The Labute approximate surface area is 124 Å². The highest BCUT2D eigenvalue weighted by molar-refractivity contribution is 7.09. The summed E-state index contributed by atoms with van der Waals surface area (Å²) in [7, 11) is 0. The van der Waals surface area contributed by atoms with E-state index in [1.54, 1.807) is 11.3 Å². The Morgan fingerprint density at radius 2 is 2.00 bits per heavy atom. The van der Waals surface area contributed by atoms with E-state index in [2.05, 4.69) is 24.4 Å². The standard InChI is InChI=1S/C16H20N2OS/c1-2-10-18(13-14-7-4-3-5-8-14)16(19)17-12-15-9-6-11-20-15/h3-9,11H,2,10,12-13H2,1H3,(H,17,19). The Balaban J connectivity index is 1.91. The van der Waals surface area contributed by atoms with Gasteiger partial charge in [-0.3, -0.25) is 0 Å². The first-order chi connectivity index (χ1) is 9.79. The minimum Gasteiger partial charge on any atom is -0.333 e. The fraction of sp³-hybridized carbons (Fsp3) is 0.312. The lowest BCUT2D eigenvalue weighted by Gasteiger charge is -2.22. The highest BCUT2D eigenvalue weighted by Crippen LogP contribution is 2.09. The molecule has 106 valence electrons. The van der Waals surface area contributed by atoms with Crippen LogP contribution < -0.4 is 5.32 Å². The molecule has 1 N–H and O–H groups in total. The highest BCUT2D eigenvalue weighted by atomic mass is 32.1. The van der Waals surface area contributed by atoms with Crippen molar-refractivity contribution in [2.45, 2.75) is 26.4 Å². The number of urea groups is 1. The minimum absolute atomic E-state index is 0.00380. The summed E-state index contributed by atoms with van der Waals surface area (Å²) in [4.78, 5) is 15.3. The monoisotopic (exact) mass is 288 g/mol. The maximum absolute atomic E-state index is 12.3. The van der Waals surface area contributed by atoms with Crippen molar-refractivity contribution in [1.82, 2.24) is 10.2 Å². The molecule has 3 nitrogen and oxygen atoms in total. The molecule has 20 heavy (non-hydrogen) atoms. The number of carbonyl (C=O) groups is 1. The lowest BCUT2D eigenvalue weighted by Crippen LogP contribution is -2.39. The number of hydrogen-bond donors (Lipinski definition) is 1. The van der Waals surface area contributed by atoms with Crippen LogP contribution in [0.3, 0.4) is 0 Å². The molecular formula is C16H20N2OS. The van der Waals surface area contributed by atoms with Crippen LogP contribution >= 0.6 is 11.3 Å². The summed E-state index contributed by atoms with van der Waals surface area (Å²) in [6.07, 6.45) is 0.958. The van der Waals surface area contributed by atoms with Gasteiger partial charge in [0, 0.05) is 18.0 Å². The smallest absolute Gasteiger partial charge is 0.317 e. The van der Waals surface area contributed by atoms with Gasteiger partial charge in [0.05, 0.1) is 6.54 Å². The number of nitrogens with zero attached hydrogens (tertiary/aromatic N) is 1. The lowest BCUT2D eigenvalue weighted by atomic mass is 10.2. The van der Waals surface area contributed by atoms with Crippen LogP contribution in [0.1, 0.15) is 23.8 Å². The number of nitrogens with one attached hydrogen (secondary N) is 1. The summed E-state index contributed by atoms with van der Waals surface area (Å²) in [6, 6.07) is 14.1. The van der Waals surface area contributed by atoms with Crippen LogP contribution in [0.15, 0.2) is 47.8 Å². The van der Waals surface area contributed by atoms with E-state index in [0.717, 1.165) is 18.5 Å². The molecule has 2 amide bonds. The molecule has 0 bridgehead atoms. The third kappa shape index (κ3) is 4.38. The molecule has 1 heterocycles. The first kappa shape index (κ1) is 14.6. The van der Waals surface area contributed by atoms with Gasteiger partial charge in [0.25, 0.3) is 0 Å². The minimum atomic E-state index is 0.00380. The van der Waals surface area contributed by atoms with Crippen molar-refractivity contribution in [3.63, 3.8) is 0 Å². The summed E-state index contributed by atoms with van der Waals surface area (Å²) >= 11 is 1.66. The largest absolute Gasteiger partial charge is 0.333 e. The van der Waals surface area contributed by atoms with E-state index >= 15 is 0 Å². The van der Waals surface area contributed by atoms with Gasteiger partial charge in [0.2, 0.25) is 0 Å². The molecule has 0 saturated carbocycles. The molecule has 0 fully saturated rings. The Kier molecular flexibility index (Phi) is 5.62. The van der Waals surface area contributed by atoms with E-state index < -0.39 is 0 Å². The highest BCUT2D eigenvalue weighted by Gasteiger charge is 2.12. The third-order valence-electron chi connectivity index (χ3n) is 2.99. The Morgan fingerprint density at radius 1 is 1.20 bits per heavy atom. The summed E-state index contributed by atoms with van der Waals surface area (Å²) in [5.74, 6) is 0. The molecule has 0 aliphatic carbocycles. The van der Waals surface area contributed by atoms with Crippen LogP contribution in [0.2, 0.25) is 0 Å². The zero-order valence-corrected chi connectivity index (χ0v) is 12.5. The number of thiophene rings is 1. The van der Waals surface area contributed by atoms with Crippen LogP contribution in [-0.2, 0) is 13.1 Å². The molecule has 0 aliphatic heterocycles. The number of rotatable bonds is 6. The number of carbonyl (C=O) groups excluding carboxylic acids is 1. The molecule has 0 spiro atoms. The lowest BCUT2D eigenvalue weighted by molar-refractivity contribution is 0.195. The van der Waals surface area contributed by atoms with Crippen molar-refractivity contribution >= 4 is 17.4 Å². The van der Waals surface area contributed by atoms with E-state index in [0.29, 0.717) is 13.1 Å². The SMILES string of the molecule is CCCN(Cc1ccccc1)C(=O)NCc1cccs1. The van der Waals surface area contributed by atoms with Gasteiger partial charge in [-0.05, 0) is 23.4 Å². The maximum atomic E-state index is 12.3. The molecule has 2 rings (SSSR count). The molecule has 1 aromatic carbocycles. The molecule has 1 aromatic heterocycles. The second kappa shape index (κ2) is 7.70. The van der Waals surface area contributed by atoms with E-state index in [9.17, 15) is 4.79 Å². The van der Waals surface area contributed by atoms with Gasteiger partial charge in [-0.25, -0.2) is 4.79 Å². The fourth-order valence-corrected chi connectivity index (χ4v) is 2.66. The van der Waals surface area contributed by atoms with E-state index in [1.807, 2.05) is 40.6 Å². The Bertz CT molecular complexity index is 511. The van der Waals surface area contributed by atoms with Gasteiger partial charge in [-0.2, -0.15) is 0 Å². The fourth-order valence-electron chi connectivity index (χ4n) is 2.01. The summed E-state index contributed by atoms with van der Waals surface area (Å²) in [6.45, 7) is 4.12. The predicted octanol–water partition coefficient (Wildman–Crippen LogP) is 3.87. The van der Waals surface area contributed by atoms with Gasteiger partial charge in [-0.15, -0.1) is 11.3 Å². The van der Waals surface area contributed by atoms with Crippen LogP contribution in [0.4, 0.5) is 4.79 Å². The molecule has 2 aromatic rings. The average Bonchev–Trinajstić information content (AvgIpc) is 2.99. The van der Waals surface area contributed by atoms with E-state index in [-0.39, 0.29) is 6.03 Å². The van der Waals surface area contributed by atoms with Crippen molar-refractivity contribution in [3.8, 4) is 0 Å². The third-order valence-corrected chi connectivity index (χ3v) is 3.87. The molecular weight excluding hydrogens is 268 g/mol. The number of amides is 2. The Morgan fingerprint density at radius 3 is 2.65 bits per heavy atom. The molecule has 0 aliphatic rings. The van der Waals surface area contributed by atoms with Crippen molar-refractivity contribution in [3.05, 3.63) is 58.3 Å². The van der Waals surface area contributed by atoms with Crippen LogP contribution in [0, 0.1) is 0 Å². The zero-order valence-electron chi connectivity index (χ0n) is 11.7. The average molecular weight is 288 g/mol. The maximum Gasteiger partial charge on any atom is 0.317 e. The second-order valence-electron chi connectivity index (χ2n) is 4.65. The quantitative estimate of drug-likeness (QED) is 0.860. The van der Waals surface area contributed by atoms with Crippen molar-refractivity contribution in [1.29, 1.82) is 0 Å². The molecule has 0 unspecified atom stereocenters. The van der Waals surface area contributed by atoms with Crippen molar-refractivity contribution in [2.24, 2.45) is 0 Å². The summed E-state index contributed by atoms with van der Waals surface area (Å²) in [5, 5.41) is 5.01. The zero-order chi connectivity index (χ0) is 14.2. The Hall–Kier alpha value is -1.81. The molecule has 0 saturated heterocycles. The first-order valence-corrected chi connectivity index (χ1v) is 7.76. The molecule has 4 heteroatoms. The molecule has 0 radical (unpaired) electrons. The normalized spacial score (nSPS) is 10.2. The first-order valence-electron chi connectivity index (χ1n) is 6.88. The van der Waals surface area contributed by atoms with Gasteiger partial charge in [0.1, 0.15) is 0 Å². The van der Waals surface area contributed by atoms with Crippen LogP contribution in [0.5, 0.6) is 0 Å². The van der Waals surface area contributed by atoms with Crippen molar-refractivity contribution in [2.75, 3.05) is 6.54 Å². The second-order valence-corrected chi connectivity index (χ2v) is 5.68. The van der Waals surface area contributed by atoms with Gasteiger partial charge < -0.3 is 10.2 Å². The summed E-state index contributed by atoms with van der Waals surface area (Å²) in [5.41, 5.74) is 1.16. The topological polar surface area (TPSA) is 32.3 Å². The van der Waals surface area contributed by atoms with Gasteiger partial charge in [0.15, 0.2) is 0 Å². The van der Waals surface area contributed by atoms with Gasteiger partial charge in [-0.1, -0.05) is 43.3 Å².